The molecule has 3 aliphatic heterocycles. The van der Waals surface area contributed by atoms with E-state index in [1.54, 1.807) is 0 Å². The van der Waals surface area contributed by atoms with E-state index in [0.717, 1.165) is 62.2 Å². The number of carboxylic acids is 1. The van der Waals surface area contributed by atoms with E-state index in [0.29, 0.717) is 24.7 Å². The maximum absolute atomic E-state index is 14.6. The van der Waals surface area contributed by atoms with Crippen LogP contribution in [0.15, 0.2) is 24.3 Å². The van der Waals surface area contributed by atoms with Crippen molar-refractivity contribution in [2.24, 2.45) is 23.3 Å². The lowest BCUT2D eigenvalue weighted by Gasteiger charge is -2.35. The van der Waals surface area contributed by atoms with Gasteiger partial charge in [-0.25, -0.2) is 0 Å². The first kappa shape index (κ1) is 69.6. The number of carbonyl (C=O) groups excluding carboxylic acids is 7. The number of amides is 7. The summed E-state index contributed by atoms with van der Waals surface area (Å²) in [5.74, 6) is -7.27. The van der Waals surface area contributed by atoms with Gasteiger partial charge in [-0.15, -0.1) is 0 Å². The van der Waals surface area contributed by atoms with Gasteiger partial charge in [0.25, 0.3) is 5.97 Å². The number of aliphatic hydroxyl groups excluding tert-OH is 7. The molecule has 81 heavy (non-hydrogen) atoms. The predicted octanol–water partition coefficient (Wildman–Crippen LogP) is -3.22. The predicted molar refractivity (Wildman–Crippen MR) is 293 cm³/mol. The van der Waals surface area contributed by atoms with E-state index in [-0.39, 0.29) is 56.8 Å². The Hall–Kier alpha value is -5.62. The molecular weight excluding hydrogens is 1060 g/mol. The third kappa shape index (κ3) is 21.9. The lowest BCUT2D eigenvalue weighted by molar-refractivity contribution is -0.148. The molecule has 0 radical (unpaired) electrons. The fraction of sp³-hybridized carbons (Fsp3) is 0.741. The Morgan fingerprint density at radius 3 is 1.91 bits per heavy atom. The zero-order chi connectivity index (χ0) is 60.7. The second-order valence-electron chi connectivity index (χ2n) is 21.8. The van der Waals surface area contributed by atoms with Crippen molar-refractivity contribution in [1.29, 1.82) is 0 Å². The number of benzene rings is 1. The molecule has 0 aromatic heterocycles. The van der Waals surface area contributed by atoms with Crippen LogP contribution in [0.5, 0.6) is 5.75 Å². The van der Waals surface area contributed by atoms with Crippen molar-refractivity contribution >= 4 is 47.3 Å². The van der Waals surface area contributed by atoms with Gasteiger partial charge < -0.3 is 93.8 Å². The highest BCUT2D eigenvalue weighted by Crippen LogP contribution is 2.27. The summed E-state index contributed by atoms with van der Waals surface area (Å²) in [6.45, 7) is 7.82. The molecular formula is C54H92N10O17. The molecule has 0 saturated carbocycles. The van der Waals surface area contributed by atoms with Crippen LogP contribution in [-0.4, -0.2) is 215 Å². The van der Waals surface area contributed by atoms with Gasteiger partial charge in [-0.3, -0.25) is 43.7 Å². The molecule has 27 nitrogen and oxygen atoms in total. The van der Waals surface area contributed by atoms with E-state index >= 15 is 0 Å². The van der Waals surface area contributed by atoms with Crippen LogP contribution in [0.1, 0.15) is 136 Å². The fourth-order valence-electron chi connectivity index (χ4n) is 10.2. The van der Waals surface area contributed by atoms with Crippen molar-refractivity contribution in [2.45, 2.75) is 210 Å². The molecule has 3 fully saturated rings. The van der Waals surface area contributed by atoms with Crippen molar-refractivity contribution in [3.63, 3.8) is 0 Å². The minimum Gasteiger partial charge on any atom is -0.508 e. The van der Waals surface area contributed by atoms with E-state index in [1.165, 1.54) is 30.7 Å². The number of aliphatic hydroxyl groups is 7. The molecule has 4 rings (SSSR count). The normalized spacial score (nSPS) is 27.5. The number of fused-ring (bicyclic) bond motifs is 2. The Kier molecular flexibility index (Phi) is 29.9. The molecule has 27 heteroatoms. The van der Waals surface area contributed by atoms with Crippen molar-refractivity contribution < 1.29 is 84.3 Å². The molecule has 0 bridgehead atoms. The van der Waals surface area contributed by atoms with Crippen molar-refractivity contribution in [2.75, 3.05) is 32.7 Å². The van der Waals surface area contributed by atoms with Crippen molar-refractivity contribution in [3.8, 4) is 5.75 Å². The smallest absolute Gasteiger partial charge is 0.300 e. The number of unbranched alkanes of at least 4 members (excludes halogenated alkanes) is 5. The van der Waals surface area contributed by atoms with Crippen LogP contribution in [0.2, 0.25) is 0 Å². The first-order valence-electron chi connectivity index (χ1n) is 28.3. The quantitative estimate of drug-likeness (QED) is 0.0479. The number of hydrogen-bond acceptors (Lipinski definition) is 19. The lowest BCUT2D eigenvalue weighted by atomic mass is 9.91. The fourth-order valence-corrected chi connectivity index (χ4v) is 10.2. The Bertz CT molecular complexity index is 2180. The summed E-state index contributed by atoms with van der Waals surface area (Å²) in [5.41, 5.74) is 11.5. The number of nitrogens with zero attached hydrogens (tertiary/aromatic N) is 2. The van der Waals surface area contributed by atoms with Crippen LogP contribution in [0.3, 0.4) is 0 Å². The van der Waals surface area contributed by atoms with Crippen LogP contribution >= 0.6 is 0 Å². The molecule has 7 amide bonds. The number of phenols is 1. The molecule has 0 aliphatic carbocycles. The van der Waals surface area contributed by atoms with E-state index in [2.05, 4.69) is 52.7 Å². The summed E-state index contributed by atoms with van der Waals surface area (Å²) in [4.78, 5) is 111. The molecule has 2 unspecified atom stereocenters. The van der Waals surface area contributed by atoms with Gasteiger partial charge in [0.1, 0.15) is 60.4 Å². The number of nitrogens with two attached hydrogens (primary N) is 2. The van der Waals surface area contributed by atoms with Crippen LogP contribution in [0, 0.1) is 11.8 Å². The molecule has 19 N–H and O–H groups in total. The standard InChI is InChI=1S/C52H88N10O15.C2H4O2/c1-5-28(2)24-29(3)12-10-8-6-7-9-11-13-39(69)56-34-26-38(68)46(55-22-21-54)60-50(75)43-37(67)19-23-61(43)52(77)41(36(66)18-20-53)58-49(74)42(45(71)44(70)31-14-16-32(64)17-15-31)59-48(73)35-25-33(65)27-62(35)51(76)40(30(4)63)57-47(34)72;1-2(3)4/h14-17,28-30,33-38,40-46,55,63-68,70-71H,5-13,18-27,53-54H2,1-4H3,(H,56,69)(H,57,72)(H,58,74)(H,59,73)(H,60,75);1H3,(H,3,4)/t28?,29?,30-,33-,34+,35+,36-,37+,38-,40+,41+,42+,43+,44+,45+,46+;/m1./s1. The zero-order valence-corrected chi connectivity index (χ0v) is 47.3. The second kappa shape index (κ2) is 34.7. The Morgan fingerprint density at radius 2 is 1.31 bits per heavy atom. The Labute approximate surface area is 473 Å². The highest BCUT2D eigenvalue weighted by molar-refractivity contribution is 5.98. The van der Waals surface area contributed by atoms with Gasteiger partial charge in [0.15, 0.2) is 0 Å². The average Bonchev–Trinajstić information content (AvgIpc) is 4.01. The minimum absolute atomic E-state index is 0.0257. The van der Waals surface area contributed by atoms with Crippen molar-refractivity contribution in [3.05, 3.63) is 29.8 Å². The molecule has 460 valence electrons. The topological polar surface area (TPSA) is 449 Å². The molecule has 3 heterocycles. The molecule has 3 aliphatic rings. The number of hydrogen-bond donors (Lipinski definition) is 17. The summed E-state index contributed by atoms with van der Waals surface area (Å²) in [6.07, 6.45) is -6.95. The SMILES string of the molecule is CC(=O)O.CCC(C)CC(C)CCCCCCCCC(=O)N[C@H]1C[C@@H](O)[C@@H](NCCN)NC(=O)[C@@H]2[C@@H](O)CCN2C(=O)[C@H]([C@H](O)CCN)NC(=O)[C@H]([C@H](O)[C@@H](O)c2ccc(O)cc2)NC(=O)[C@@H]2C[C@@H](O)CN2C(=O)[C@H]([C@@H](C)O)NC1=O. The largest absolute Gasteiger partial charge is 0.508 e. The summed E-state index contributed by atoms with van der Waals surface area (Å²) >= 11 is 0. The third-order valence-electron chi connectivity index (χ3n) is 14.9. The van der Waals surface area contributed by atoms with Gasteiger partial charge in [-0.2, -0.15) is 0 Å². The van der Waals surface area contributed by atoms with Gasteiger partial charge in [0, 0.05) is 52.4 Å². The summed E-state index contributed by atoms with van der Waals surface area (Å²) < 4.78 is 0. The van der Waals surface area contributed by atoms with Crippen molar-refractivity contribution in [1.82, 2.24) is 41.7 Å². The van der Waals surface area contributed by atoms with Crippen LogP contribution in [-0.2, 0) is 38.4 Å². The molecule has 0 spiro atoms. The number of nitrogens with one attached hydrogen (secondary N) is 6. The monoisotopic (exact) mass is 1150 g/mol. The Balaban J connectivity index is 0.00000416. The number of phenolic OH excluding ortho intramolecular Hbond substituents is 1. The first-order chi connectivity index (χ1) is 38.3. The first-order valence-corrected chi connectivity index (χ1v) is 28.3. The zero-order valence-electron chi connectivity index (χ0n) is 47.3. The van der Waals surface area contributed by atoms with Crippen LogP contribution in [0.25, 0.3) is 0 Å². The molecule has 16 atom stereocenters. The summed E-state index contributed by atoms with van der Waals surface area (Å²) in [5, 5.41) is 112. The maximum Gasteiger partial charge on any atom is 0.300 e. The maximum atomic E-state index is 14.6. The molecule has 3 saturated heterocycles. The molecule has 1 aromatic carbocycles. The number of aliphatic carboxylic acids is 1. The van der Waals surface area contributed by atoms with Gasteiger partial charge in [0.05, 0.1) is 30.5 Å². The van der Waals surface area contributed by atoms with Crippen LogP contribution in [0.4, 0.5) is 0 Å². The van der Waals surface area contributed by atoms with E-state index < -0.39 is 152 Å². The van der Waals surface area contributed by atoms with E-state index in [1.807, 2.05) is 0 Å². The minimum atomic E-state index is -2.28. The van der Waals surface area contributed by atoms with Gasteiger partial charge >= 0.3 is 0 Å². The van der Waals surface area contributed by atoms with Gasteiger partial charge in [-0.05, 0) is 68.7 Å². The van der Waals surface area contributed by atoms with Crippen LogP contribution < -0.4 is 43.4 Å². The number of carboxylic acid groups (broad SMARTS) is 1. The highest BCUT2D eigenvalue weighted by atomic mass is 16.4. The van der Waals surface area contributed by atoms with E-state index in [4.69, 9.17) is 21.4 Å². The number of aromatic hydroxyl groups is 1. The average molecular weight is 1150 g/mol. The van der Waals surface area contributed by atoms with E-state index in [9.17, 15) is 74.4 Å². The number of rotatable bonds is 23. The lowest BCUT2D eigenvalue weighted by Crippen LogP contribution is -2.65. The van der Waals surface area contributed by atoms with Gasteiger partial charge in [-0.1, -0.05) is 77.8 Å². The second-order valence-corrected chi connectivity index (χ2v) is 21.8. The summed E-state index contributed by atoms with van der Waals surface area (Å²) in [7, 11) is 0. The third-order valence-corrected chi connectivity index (χ3v) is 14.9. The highest BCUT2D eigenvalue weighted by Gasteiger charge is 2.49. The summed E-state index contributed by atoms with van der Waals surface area (Å²) in [6, 6.07) is -6.40. The molecule has 1 aromatic rings. The number of carbonyl (C=O) groups is 8. The van der Waals surface area contributed by atoms with Gasteiger partial charge in [0.2, 0.25) is 41.4 Å². The Morgan fingerprint density at radius 1 is 0.716 bits per heavy atom.